The molecule has 3 heteroatoms. The average molecular weight is 842 g/mol. The first-order valence-electron chi connectivity index (χ1n) is 19.4. The SMILES string of the molecule is CCc1cc(-c2ccccc2)c2c(c1)=[C]([Zr+2]=[C](c1ccccc1)c1ccccc1)C1=C(C3=CC=CC3)C(CC)(c3ccccc3)C(c3ccccc3)=CC=21.[Cl-].[Cl-]. The molecule has 1 atom stereocenters. The van der Waals surface area contributed by atoms with Crippen LogP contribution in [-0.4, -0.2) is 3.21 Å². The van der Waals surface area contributed by atoms with Crippen LogP contribution >= 0.6 is 0 Å². The van der Waals surface area contributed by atoms with Gasteiger partial charge in [-0.15, -0.1) is 0 Å². The summed E-state index contributed by atoms with van der Waals surface area (Å²) in [6.45, 7) is 4.72. The number of hydrogen-bond acceptors (Lipinski definition) is 0. The van der Waals surface area contributed by atoms with Gasteiger partial charge in [0.2, 0.25) is 0 Å². The minimum Gasteiger partial charge on any atom is -1.00 e. The monoisotopic (exact) mass is 839 g/mol. The Morgan fingerprint density at radius 2 is 1.20 bits per heavy atom. The molecule has 0 radical (unpaired) electrons. The zero-order valence-electron chi connectivity index (χ0n) is 31.8. The van der Waals surface area contributed by atoms with Gasteiger partial charge in [-0.1, -0.05) is 0 Å². The third kappa shape index (κ3) is 6.90. The summed E-state index contributed by atoms with van der Waals surface area (Å²) in [6, 6.07) is 61.2. The summed E-state index contributed by atoms with van der Waals surface area (Å²) in [5.74, 6) is 0. The molecule has 0 fully saturated rings. The number of halogens is 2. The molecule has 0 aromatic heterocycles. The third-order valence-corrected chi connectivity index (χ3v) is 15.4. The van der Waals surface area contributed by atoms with Crippen molar-refractivity contribution in [2.75, 3.05) is 0 Å². The molecule has 6 aromatic rings. The second-order valence-electron chi connectivity index (χ2n) is 14.4. The van der Waals surface area contributed by atoms with Crippen LogP contribution in [0.25, 0.3) is 25.6 Å². The van der Waals surface area contributed by atoms with Crippen molar-refractivity contribution in [3.8, 4) is 11.1 Å². The topological polar surface area (TPSA) is 0 Å². The van der Waals surface area contributed by atoms with Gasteiger partial charge in [0.15, 0.2) is 0 Å². The standard InChI is InChI=1S/C40H33.C13H10.2ClH.Zr/c1-3-28-24-32-26-36-35(38(32)34(25-28)29-16-8-5-9-17-29)27-37(30-18-10-6-11-19-30)40(4-2,33-22-12-7-13-23-33)39(36)31-20-14-15-21-31;1-3-7-12(8-4-1)11-13-9-5-2-6-10-13;;;/h5-20,22-25,27H,3-4,21H2,1-2H3;1-10H;2*1H;/q;;;;+2/p-2. The summed E-state index contributed by atoms with van der Waals surface area (Å²) < 4.78 is 3.12. The van der Waals surface area contributed by atoms with Crippen LogP contribution in [0.5, 0.6) is 0 Å². The molecular weight excluding hydrogens is 799 g/mol. The van der Waals surface area contributed by atoms with E-state index in [1.54, 1.807) is 3.28 Å². The fourth-order valence-corrected chi connectivity index (χ4v) is 12.9. The molecule has 0 saturated heterocycles. The molecule has 0 amide bonds. The molecule has 0 nitrogen and oxygen atoms in total. The minimum atomic E-state index is -1.51. The number of aryl methyl sites for hydroxylation is 1. The van der Waals surface area contributed by atoms with E-state index < -0.39 is 22.8 Å². The van der Waals surface area contributed by atoms with Crippen molar-refractivity contribution in [1.82, 2.24) is 0 Å². The van der Waals surface area contributed by atoms with Gasteiger partial charge >= 0.3 is 333 Å². The van der Waals surface area contributed by atoms with Gasteiger partial charge in [-0.3, -0.25) is 0 Å². The van der Waals surface area contributed by atoms with E-state index in [-0.39, 0.29) is 30.2 Å². The maximum absolute atomic E-state index is 2.63. The Hall–Kier alpha value is -4.65. The van der Waals surface area contributed by atoms with E-state index in [4.69, 9.17) is 0 Å². The van der Waals surface area contributed by atoms with Crippen LogP contribution in [-0.2, 0) is 34.6 Å². The number of benzene rings is 6. The van der Waals surface area contributed by atoms with E-state index in [0.717, 1.165) is 19.3 Å². The molecule has 0 N–H and O–H groups in total. The van der Waals surface area contributed by atoms with Gasteiger partial charge < -0.3 is 24.8 Å². The maximum Gasteiger partial charge on any atom is -1.00 e. The van der Waals surface area contributed by atoms with Crippen molar-refractivity contribution >= 4 is 17.6 Å². The summed E-state index contributed by atoms with van der Waals surface area (Å²) in [4.78, 5) is 0. The molecule has 3 aliphatic carbocycles. The van der Waals surface area contributed by atoms with Crippen LogP contribution in [0.1, 0.15) is 54.5 Å². The van der Waals surface area contributed by atoms with E-state index in [2.05, 4.69) is 202 Å². The summed E-state index contributed by atoms with van der Waals surface area (Å²) in [6.07, 6.45) is 12.6. The number of fused-ring (bicyclic) bond motifs is 2. The van der Waals surface area contributed by atoms with Crippen LogP contribution in [0, 0.1) is 0 Å². The van der Waals surface area contributed by atoms with Crippen molar-refractivity contribution < 1.29 is 47.6 Å². The van der Waals surface area contributed by atoms with E-state index in [1.807, 2.05) is 0 Å². The molecule has 1 unspecified atom stereocenters. The van der Waals surface area contributed by atoms with Crippen molar-refractivity contribution in [3.05, 3.63) is 243 Å². The minimum absolute atomic E-state index is 0. The Bertz CT molecular complexity index is 2610. The Balaban J connectivity index is 0.00000240. The predicted molar refractivity (Wildman–Crippen MR) is 225 cm³/mol. The Kier molecular flexibility index (Phi) is 12.2. The van der Waals surface area contributed by atoms with Gasteiger partial charge in [-0.05, 0) is 0 Å². The van der Waals surface area contributed by atoms with Crippen molar-refractivity contribution in [2.24, 2.45) is 0 Å². The fraction of sp³-hybridized carbons (Fsp3) is 0.113. The van der Waals surface area contributed by atoms with Gasteiger partial charge in [0, 0.05) is 0 Å². The zero-order valence-corrected chi connectivity index (χ0v) is 35.7. The quantitative estimate of drug-likeness (QED) is 0.189. The average Bonchev–Trinajstić information content (AvgIpc) is 3.90. The number of rotatable bonds is 9. The van der Waals surface area contributed by atoms with Crippen LogP contribution in [0.4, 0.5) is 0 Å². The van der Waals surface area contributed by atoms with E-state index in [1.165, 1.54) is 80.5 Å². The third-order valence-electron chi connectivity index (χ3n) is 11.5. The van der Waals surface area contributed by atoms with E-state index >= 15 is 0 Å². The molecular formula is C53H43Cl2Zr. The van der Waals surface area contributed by atoms with Gasteiger partial charge in [-0.2, -0.15) is 0 Å². The molecule has 273 valence electrons. The summed E-state index contributed by atoms with van der Waals surface area (Å²) >= 11 is -1.51. The zero-order chi connectivity index (χ0) is 36.5. The van der Waals surface area contributed by atoms with Gasteiger partial charge in [0.05, 0.1) is 0 Å². The van der Waals surface area contributed by atoms with Gasteiger partial charge in [0.25, 0.3) is 0 Å². The molecule has 0 aliphatic heterocycles. The van der Waals surface area contributed by atoms with Crippen LogP contribution < -0.4 is 35.3 Å². The second kappa shape index (κ2) is 17.2. The van der Waals surface area contributed by atoms with Crippen molar-refractivity contribution in [2.45, 2.75) is 38.5 Å². The maximum atomic E-state index is 2.63. The predicted octanol–water partition coefficient (Wildman–Crippen LogP) is 5.18. The molecule has 9 rings (SSSR count). The second-order valence-corrected chi connectivity index (χ2v) is 17.5. The largest absolute Gasteiger partial charge is 1.00 e. The smallest absolute Gasteiger partial charge is 1.00 e. The van der Waals surface area contributed by atoms with Crippen LogP contribution in [0.15, 0.2) is 205 Å². The Labute approximate surface area is 355 Å². The molecule has 3 aliphatic rings. The van der Waals surface area contributed by atoms with Crippen LogP contribution in [0.3, 0.4) is 0 Å². The van der Waals surface area contributed by atoms with Crippen molar-refractivity contribution in [3.63, 3.8) is 0 Å². The number of allylic oxidation sites excluding steroid dienone is 8. The van der Waals surface area contributed by atoms with Crippen molar-refractivity contribution in [1.29, 1.82) is 0 Å². The molecule has 0 heterocycles. The molecule has 0 spiro atoms. The molecule has 6 aromatic carbocycles. The first-order valence-corrected chi connectivity index (χ1v) is 21.8. The van der Waals surface area contributed by atoms with Gasteiger partial charge in [-0.25, -0.2) is 0 Å². The Morgan fingerprint density at radius 3 is 1.73 bits per heavy atom. The van der Waals surface area contributed by atoms with Gasteiger partial charge in [0.1, 0.15) is 0 Å². The van der Waals surface area contributed by atoms with Crippen LogP contribution in [0.2, 0.25) is 0 Å². The first kappa shape index (κ1) is 39.6. The fourth-order valence-electron chi connectivity index (χ4n) is 9.04. The number of hydrogen-bond donors (Lipinski definition) is 0. The van der Waals surface area contributed by atoms with E-state index in [9.17, 15) is 0 Å². The summed E-state index contributed by atoms with van der Waals surface area (Å²) in [5.41, 5.74) is 16.3. The summed E-state index contributed by atoms with van der Waals surface area (Å²) in [7, 11) is 0. The Morgan fingerprint density at radius 1 is 0.643 bits per heavy atom. The molecule has 0 bridgehead atoms. The van der Waals surface area contributed by atoms with E-state index in [0.29, 0.717) is 0 Å². The first-order chi connectivity index (χ1) is 26.7. The normalized spacial score (nSPS) is 16.5. The molecule has 56 heavy (non-hydrogen) atoms. The summed E-state index contributed by atoms with van der Waals surface area (Å²) in [5, 5.41) is 2.85. The molecule has 0 saturated carbocycles.